The van der Waals surface area contributed by atoms with Crippen molar-refractivity contribution in [2.45, 2.75) is 11.7 Å². The second-order valence-electron chi connectivity index (χ2n) is 3.50. The molecule has 0 saturated heterocycles. The molecule has 1 heterocycles. The highest BCUT2D eigenvalue weighted by Gasteiger charge is 2.07. The van der Waals surface area contributed by atoms with Gasteiger partial charge in [0.25, 0.3) is 0 Å². The summed E-state index contributed by atoms with van der Waals surface area (Å²) in [6.45, 7) is 1.11. The number of ether oxygens (including phenoxy) is 1. The number of thioether (sulfide) groups is 1. The van der Waals surface area contributed by atoms with Gasteiger partial charge in [0.2, 0.25) is 5.95 Å². The van der Waals surface area contributed by atoms with Crippen molar-refractivity contribution in [3.05, 3.63) is 29.3 Å². The van der Waals surface area contributed by atoms with Crippen LogP contribution in [0, 0.1) is 0 Å². The smallest absolute Gasteiger partial charge is 0.222 e. The van der Waals surface area contributed by atoms with Crippen molar-refractivity contribution in [1.29, 1.82) is 0 Å². The number of aromatic nitrogens is 3. The first-order valence-corrected chi connectivity index (χ1v) is 6.92. The van der Waals surface area contributed by atoms with E-state index < -0.39 is 0 Å². The Balaban J connectivity index is 1.92. The van der Waals surface area contributed by atoms with Gasteiger partial charge in [0.05, 0.1) is 6.54 Å². The van der Waals surface area contributed by atoms with Gasteiger partial charge in [-0.25, -0.2) is 0 Å². The number of nitrogens with zero attached hydrogens (tertiary/aromatic N) is 3. The summed E-state index contributed by atoms with van der Waals surface area (Å²) in [5.41, 5.74) is 5.72. The summed E-state index contributed by atoms with van der Waals surface area (Å²) in [6.07, 6.45) is 1.93. The normalized spacial score (nSPS) is 10.6. The number of benzene rings is 1. The molecule has 0 radical (unpaired) electrons. The van der Waals surface area contributed by atoms with E-state index in [0.717, 1.165) is 10.9 Å². The Morgan fingerprint density at radius 3 is 2.72 bits per heavy atom. The van der Waals surface area contributed by atoms with Crippen LogP contribution in [0.4, 0.5) is 5.95 Å². The summed E-state index contributed by atoms with van der Waals surface area (Å²) in [5, 5.41) is 9.25. The van der Waals surface area contributed by atoms with Crippen molar-refractivity contribution in [1.82, 2.24) is 14.8 Å². The first kappa shape index (κ1) is 13.0. The van der Waals surface area contributed by atoms with Crippen LogP contribution < -0.4 is 10.5 Å². The van der Waals surface area contributed by atoms with Crippen molar-refractivity contribution in [2.24, 2.45) is 0 Å². The maximum atomic E-state index is 5.79. The van der Waals surface area contributed by atoms with Gasteiger partial charge in [-0.05, 0) is 30.5 Å². The van der Waals surface area contributed by atoms with Crippen molar-refractivity contribution >= 4 is 29.3 Å². The Morgan fingerprint density at radius 2 is 2.06 bits per heavy atom. The van der Waals surface area contributed by atoms with E-state index in [9.17, 15) is 0 Å². The number of nitrogens with two attached hydrogens (primary N) is 1. The predicted octanol–water partition coefficient (Wildman–Crippen LogP) is 2.31. The van der Waals surface area contributed by atoms with Crippen LogP contribution in [0.3, 0.4) is 0 Å². The van der Waals surface area contributed by atoms with Crippen LogP contribution in [-0.4, -0.2) is 27.6 Å². The molecule has 1 aromatic heterocycles. The maximum absolute atomic E-state index is 5.79. The highest BCUT2D eigenvalue weighted by molar-refractivity contribution is 7.98. The molecule has 0 saturated carbocycles. The topological polar surface area (TPSA) is 66.0 Å². The average Bonchev–Trinajstić information content (AvgIpc) is 2.73. The summed E-state index contributed by atoms with van der Waals surface area (Å²) in [4.78, 5) is 0. The molecule has 2 N–H and O–H groups in total. The summed E-state index contributed by atoms with van der Waals surface area (Å²) in [5.74, 6) is 1.18. The molecule has 0 amide bonds. The summed E-state index contributed by atoms with van der Waals surface area (Å²) < 4.78 is 7.41. The molecule has 1 aromatic carbocycles. The maximum Gasteiger partial charge on any atom is 0.222 e. The van der Waals surface area contributed by atoms with Gasteiger partial charge >= 0.3 is 0 Å². The van der Waals surface area contributed by atoms with Gasteiger partial charge in [-0.1, -0.05) is 23.4 Å². The van der Waals surface area contributed by atoms with Gasteiger partial charge in [-0.2, -0.15) is 0 Å². The highest BCUT2D eigenvalue weighted by Crippen LogP contribution is 2.17. The Bertz CT molecular complexity index is 514. The third kappa shape index (κ3) is 3.08. The van der Waals surface area contributed by atoms with Gasteiger partial charge in [-0.15, -0.1) is 10.2 Å². The number of halogens is 1. The van der Waals surface area contributed by atoms with Crippen molar-refractivity contribution in [3.63, 3.8) is 0 Å². The van der Waals surface area contributed by atoms with Gasteiger partial charge in [0.15, 0.2) is 5.16 Å². The Kier molecular flexibility index (Phi) is 4.33. The van der Waals surface area contributed by atoms with Gasteiger partial charge in [-0.3, -0.25) is 4.57 Å². The lowest BCUT2D eigenvalue weighted by Crippen LogP contribution is -2.11. The fourth-order valence-corrected chi connectivity index (χ4v) is 2.10. The molecule has 0 aliphatic rings. The third-order valence-corrected chi connectivity index (χ3v) is 3.24. The fourth-order valence-electron chi connectivity index (χ4n) is 1.45. The zero-order chi connectivity index (χ0) is 13.0. The van der Waals surface area contributed by atoms with Gasteiger partial charge < -0.3 is 10.5 Å². The molecular weight excluding hydrogens is 272 g/mol. The Morgan fingerprint density at radius 1 is 1.33 bits per heavy atom. The molecule has 0 aliphatic heterocycles. The van der Waals surface area contributed by atoms with Crippen LogP contribution in [0.5, 0.6) is 5.75 Å². The van der Waals surface area contributed by atoms with Gasteiger partial charge in [0.1, 0.15) is 12.4 Å². The SMILES string of the molecule is CSc1nnc(N)n1CCOc1ccc(Cl)cc1. The number of hydrogen-bond acceptors (Lipinski definition) is 5. The second-order valence-corrected chi connectivity index (χ2v) is 4.71. The molecule has 0 fully saturated rings. The average molecular weight is 285 g/mol. The zero-order valence-electron chi connectivity index (χ0n) is 9.84. The monoisotopic (exact) mass is 284 g/mol. The summed E-state index contributed by atoms with van der Waals surface area (Å²) >= 11 is 7.29. The largest absolute Gasteiger partial charge is 0.492 e. The lowest BCUT2D eigenvalue weighted by Gasteiger charge is -2.08. The van der Waals surface area contributed by atoms with E-state index in [1.165, 1.54) is 11.8 Å². The molecule has 2 rings (SSSR count). The van der Waals surface area contributed by atoms with E-state index in [1.54, 1.807) is 12.1 Å². The van der Waals surface area contributed by atoms with E-state index >= 15 is 0 Å². The Hall–Kier alpha value is -1.40. The number of rotatable bonds is 5. The summed E-state index contributed by atoms with van der Waals surface area (Å²) in [6, 6.07) is 7.23. The van der Waals surface area contributed by atoms with E-state index in [-0.39, 0.29) is 0 Å². The van der Waals surface area contributed by atoms with Crippen LogP contribution in [0.15, 0.2) is 29.4 Å². The summed E-state index contributed by atoms with van der Waals surface area (Å²) in [7, 11) is 0. The first-order valence-electron chi connectivity index (χ1n) is 5.31. The highest BCUT2D eigenvalue weighted by atomic mass is 35.5. The standard InChI is InChI=1S/C11H13ClN4OS/c1-18-11-15-14-10(13)16(11)6-7-17-9-4-2-8(12)3-5-9/h2-5H,6-7H2,1H3,(H2,13,14). The van der Waals surface area contributed by atoms with E-state index in [2.05, 4.69) is 10.2 Å². The lowest BCUT2D eigenvalue weighted by molar-refractivity contribution is 0.294. The third-order valence-electron chi connectivity index (χ3n) is 2.33. The minimum atomic E-state index is 0.402. The van der Waals surface area contributed by atoms with Crippen LogP contribution in [-0.2, 0) is 6.54 Å². The molecule has 5 nitrogen and oxygen atoms in total. The zero-order valence-corrected chi connectivity index (χ0v) is 11.4. The fraction of sp³-hybridized carbons (Fsp3) is 0.273. The van der Waals surface area contributed by atoms with E-state index in [0.29, 0.717) is 24.1 Å². The van der Waals surface area contributed by atoms with Crippen molar-refractivity contribution in [2.75, 3.05) is 18.6 Å². The van der Waals surface area contributed by atoms with Crippen molar-refractivity contribution in [3.8, 4) is 5.75 Å². The number of anilines is 1. The molecule has 18 heavy (non-hydrogen) atoms. The minimum absolute atomic E-state index is 0.402. The molecular formula is C11H13ClN4OS. The Labute approximate surface area is 114 Å². The minimum Gasteiger partial charge on any atom is -0.492 e. The molecule has 0 spiro atoms. The molecule has 96 valence electrons. The lowest BCUT2D eigenvalue weighted by atomic mass is 10.3. The quantitative estimate of drug-likeness (QED) is 0.854. The molecule has 7 heteroatoms. The molecule has 0 aliphatic carbocycles. The molecule has 0 atom stereocenters. The molecule has 2 aromatic rings. The first-order chi connectivity index (χ1) is 8.70. The predicted molar refractivity (Wildman–Crippen MR) is 73.2 cm³/mol. The van der Waals surface area contributed by atoms with Crippen LogP contribution >= 0.6 is 23.4 Å². The number of hydrogen-bond donors (Lipinski definition) is 1. The van der Waals surface area contributed by atoms with Crippen molar-refractivity contribution < 1.29 is 4.74 Å². The number of nitrogen functional groups attached to an aromatic ring is 1. The molecule has 0 unspecified atom stereocenters. The van der Waals surface area contributed by atoms with Crippen LogP contribution in [0.1, 0.15) is 0 Å². The van der Waals surface area contributed by atoms with Crippen LogP contribution in [0.2, 0.25) is 5.02 Å². The van der Waals surface area contributed by atoms with E-state index in [1.807, 2.05) is 23.0 Å². The van der Waals surface area contributed by atoms with Crippen LogP contribution in [0.25, 0.3) is 0 Å². The van der Waals surface area contributed by atoms with E-state index in [4.69, 9.17) is 22.1 Å². The van der Waals surface area contributed by atoms with Gasteiger partial charge in [0, 0.05) is 5.02 Å². The molecule has 0 bridgehead atoms. The second kappa shape index (κ2) is 5.97.